The highest BCUT2D eigenvalue weighted by Crippen LogP contribution is 2.21. The normalized spacial score (nSPS) is 12.2. The highest BCUT2D eigenvalue weighted by atomic mass is 16.5. The van der Waals surface area contributed by atoms with E-state index in [-0.39, 0.29) is 11.7 Å². The van der Waals surface area contributed by atoms with E-state index in [0.717, 1.165) is 5.56 Å². The van der Waals surface area contributed by atoms with Gasteiger partial charge in [-0.05, 0) is 5.56 Å². The van der Waals surface area contributed by atoms with Crippen LogP contribution in [0.2, 0.25) is 0 Å². The van der Waals surface area contributed by atoms with Gasteiger partial charge in [0, 0.05) is 12.8 Å². The van der Waals surface area contributed by atoms with E-state index in [1.165, 1.54) is 6.92 Å². The number of hydrogen-bond acceptors (Lipinski definition) is 3. The molecule has 1 atom stereocenters. The minimum atomic E-state index is -0.779. The number of benzene rings is 1. The smallest absolute Gasteiger partial charge is 0.303 e. The van der Waals surface area contributed by atoms with Gasteiger partial charge in [-0.25, -0.2) is 0 Å². The number of ketones is 1. The lowest BCUT2D eigenvalue weighted by Gasteiger charge is -2.18. The number of ether oxygens (including phenoxy) is 1. The van der Waals surface area contributed by atoms with Crippen LogP contribution in [0.5, 0.6) is 0 Å². The van der Waals surface area contributed by atoms with Crippen LogP contribution in [0.4, 0.5) is 0 Å². The van der Waals surface area contributed by atoms with Gasteiger partial charge in [-0.3, -0.25) is 9.59 Å². The summed E-state index contributed by atoms with van der Waals surface area (Å²) >= 11 is 0. The number of esters is 1. The van der Waals surface area contributed by atoms with E-state index in [1.807, 2.05) is 18.2 Å². The predicted octanol–water partition coefficient (Wildman–Crippen LogP) is 2.52. The van der Waals surface area contributed by atoms with Gasteiger partial charge in [0.1, 0.15) is 0 Å². The average Bonchev–Trinajstić information content (AvgIpc) is 2.26. The number of carbonyl (C=O) groups excluding carboxylic acids is 2. The average molecular weight is 220 g/mol. The molecule has 0 aliphatic heterocycles. The van der Waals surface area contributed by atoms with Gasteiger partial charge in [0.2, 0.25) is 0 Å². The van der Waals surface area contributed by atoms with Crippen molar-refractivity contribution in [1.82, 2.24) is 0 Å². The summed E-state index contributed by atoms with van der Waals surface area (Å²) in [4.78, 5) is 22.9. The quantitative estimate of drug-likeness (QED) is 0.732. The van der Waals surface area contributed by atoms with E-state index in [2.05, 4.69) is 0 Å². The first-order chi connectivity index (χ1) is 7.52. The number of carbonyl (C=O) groups is 2. The van der Waals surface area contributed by atoms with Crippen molar-refractivity contribution >= 4 is 11.8 Å². The lowest BCUT2D eigenvalue weighted by Crippen LogP contribution is -2.22. The monoisotopic (exact) mass is 220 g/mol. The van der Waals surface area contributed by atoms with Crippen LogP contribution in [-0.4, -0.2) is 11.8 Å². The Bertz CT molecular complexity index is 368. The van der Waals surface area contributed by atoms with Gasteiger partial charge in [0.15, 0.2) is 11.9 Å². The molecule has 3 nitrogen and oxygen atoms in total. The van der Waals surface area contributed by atoms with E-state index in [4.69, 9.17) is 4.74 Å². The van der Waals surface area contributed by atoms with Crippen molar-refractivity contribution in [2.75, 3.05) is 0 Å². The van der Waals surface area contributed by atoms with Crippen LogP contribution < -0.4 is 0 Å². The molecule has 1 rings (SSSR count). The van der Waals surface area contributed by atoms with Gasteiger partial charge in [-0.2, -0.15) is 0 Å². The standard InChI is InChI=1S/C13H16O3/c1-9(2)12(15)13(16-10(3)14)11-7-5-4-6-8-11/h4-9,13H,1-3H3/t13-/m1/s1. The maximum atomic E-state index is 11.9. The molecule has 0 N–H and O–H groups in total. The van der Waals surface area contributed by atoms with E-state index >= 15 is 0 Å². The first kappa shape index (κ1) is 12.4. The summed E-state index contributed by atoms with van der Waals surface area (Å²) in [6.07, 6.45) is -0.779. The summed E-state index contributed by atoms with van der Waals surface area (Å²) < 4.78 is 5.07. The molecule has 0 saturated carbocycles. The van der Waals surface area contributed by atoms with Gasteiger partial charge in [-0.15, -0.1) is 0 Å². The minimum absolute atomic E-state index is 0.0820. The summed E-state index contributed by atoms with van der Waals surface area (Å²) in [5.41, 5.74) is 0.719. The van der Waals surface area contributed by atoms with Crippen molar-refractivity contribution in [3.05, 3.63) is 35.9 Å². The Kier molecular flexibility index (Phi) is 4.23. The van der Waals surface area contributed by atoms with Crippen molar-refractivity contribution < 1.29 is 14.3 Å². The van der Waals surface area contributed by atoms with E-state index < -0.39 is 12.1 Å². The summed E-state index contributed by atoms with van der Waals surface area (Å²) in [6.45, 7) is 4.90. The zero-order valence-electron chi connectivity index (χ0n) is 9.77. The van der Waals surface area contributed by atoms with Crippen LogP contribution in [-0.2, 0) is 14.3 Å². The molecule has 1 aromatic carbocycles. The van der Waals surface area contributed by atoms with Crippen LogP contribution in [0, 0.1) is 5.92 Å². The predicted molar refractivity (Wildman–Crippen MR) is 60.8 cm³/mol. The lowest BCUT2D eigenvalue weighted by molar-refractivity contribution is -0.154. The Morgan fingerprint density at radius 3 is 2.12 bits per heavy atom. The number of hydrogen-bond donors (Lipinski definition) is 0. The largest absolute Gasteiger partial charge is 0.450 e. The number of rotatable bonds is 4. The van der Waals surface area contributed by atoms with Crippen LogP contribution in [0.3, 0.4) is 0 Å². The lowest BCUT2D eigenvalue weighted by atomic mass is 9.98. The molecule has 16 heavy (non-hydrogen) atoms. The molecule has 0 bridgehead atoms. The zero-order chi connectivity index (χ0) is 12.1. The summed E-state index contributed by atoms with van der Waals surface area (Å²) in [7, 11) is 0. The van der Waals surface area contributed by atoms with E-state index in [0.29, 0.717) is 0 Å². The molecule has 0 saturated heterocycles. The second-order valence-electron chi connectivity index (χ2n) is 3.96. The Morgan fingerprint density at radius 2 is 1.69 bits per heavy atom. The first-order valence-corrected chi connectivity index (χ1v) is 5.28. The van der Waals surface area contributed by atoms with Crippen LogP contribution in [0.25, 0.3) is 0 Å². The van der Waals surface area contributed by atoms with Crippen molar-refractivity contribution in [3.8, 4) is 0 Å². The molecule has 3 heteroatoms. The molecule has 86 valence electrons. The van der Waals surface area contributed by atoms with Crippen molar-refractivity contribution in [2.24, 2.45) is 5.92 Å². The molecule has 0 aromatic heterocycles. The maximum absolute atomic E-state index is 11.9. The maximum Gasteiger partial charge on any atom is 0.303 e. The molecule has 0 amide bonds. The first-order valence-electron chi connectivity index (χ1n) is 5.28. The molecule has 1 aromatic rings. The van der Waals surface area contributed by atoms with Gasteiger partial charge in [0.25, 0.3) is 0 Å². The fourth-order valence-corrected chi connectivity index (χ4v) is 1.39. The minimum Gasteiger partial charge on any atom is -0.450 e. The Hall–Kier alpha value is -1.64. The van der Waals surface area contributed by atoms with Crippen molar-refractivity contribution in [1.29, 1.82) is 0 Å². The second kappa shape index (κ2) is 5.45. The van der Waals surface area contributed by atoms with Crippen LogP contribution >= 0.6 is 0 Å². The summed E-state index contributed by atoms with van der Waals surface area (Å²) in [5.74, 6) is -0.686. The Labute approximate surface area is 95.4 Å². The van der Waals surface area contributed by atoms with Gasteiger partial charge >= 0.3 is 5.97 Å². The van der Waals surface area contributed by atoms with Gasteiger partial charge in [-0.1, -0.05) is 44.2 Å². The van der Waals surface area contributed by atoms with Gasteiger partial charge in [0.05, 0.1) is 0 Å². The molecule has 0 heterocycles. The fourth-order valence-electron chi connectivity index (χ4n) is 1.39. The molecule has 0 spiro atoms. The highest BCUT2D eigenvalue weighted by Gasteiger charge is 2.25. The molecule has 0 unspecified atom stereocenters. The van der Waals surface area contributed by atoms with Crippen LogP contribution in [0.15, 0.2) is 30.3 Å². The zero-order valence-corrected chi connectivity index (χ0v) is 9.77. The molecular formula is C13H16O3. The SMILES string of the molecule is CC(=O)O[C@@H](C(=O)C(C)C)c1ccccc1. The van der Waals surface area contributed by atoms with E-state index in [9.17, 15) is 9.59 Å². The molecule has 0 aliphatic rings. The van der Waals surface area contributed by atoms with Crippen molar-refractivity contribution in [2.45, 2.75) is 26.9 Å². The Morgan fingerprint density at radius 1 is 1.12 bits per heavy atom. The second-order valence-corrected chi connectivity index (χ2v) is 3.96. The molecule has 0 fully saturated rings. The summed E-state index contributed by atoms with van der Waals surface area (Å²) in [6, 6.07) is 9.06. The third-order valence-corrected chi connectivity index (χ3v) is 2.21. The van der Waals surface area contributed by atoms with Gasteiger partial charge < -0.3 is 4.74 Å². The topological polar surface area (TPSA) is 43.4 Å². The third kappa shape index (κ3) is 3.19. The molecule has 0 radical (unpaired) electrons. The molecule has 0 aliphatic carbocycles. The number of Topliss-reactive ketones (excluding diaryl/α,β-unsaturated/α-hetero) is 1. The molecular weight excluding hydrogens is 204 g/mol. The highest BCUT2D eigenvalue weighted by molar-refractivity contribution is 5.87. The van der Waals surface area contributed by atoms with Crippen molar-refractivity contribution in [3.63, 3.8) is 0 Å². The summed E-state index contributed by atoms with van der Waals surface area (Å²) in [5, 5.41) is 0. The Balaban J connectivity index is 2.96. The van der Waals surface area contributed by atoms with Crippen LogP contribution in [0.1, 0.15) is 32.4 Å². The fraction of sp³-hybridized carbons (Fsp3) is 0.385. The van der Waals surface area contributed by atoms with E-state index in [1.54, 1.807) is 26.0 Å². The third-order valence-electron chi connectivity index (χ3n) is 2.21.